The standard InChI is InChI=1S/42Cu.9O/q42*+2;9*-2. The zero-order valence-electron chi connectivity index (χ0n) is 16.3. The number of hydrogen-bond acceptors (Lipinski definition) is 0. The SMILES string of the molecule is [Cu+2].[Cu+2].[Cu+2].[Cu+2].[Cu+2].[Cu+2].[Cu+2].[Cu+2].[Cu+2].[Cu+2].[Cu+2].[Cu+2].[Cu+2].[Cu+2].[Cu+2].[Cu+2].[Cu+2].[Cu+2].[Cu+2].[Cu+2].[Cu+2].[Cu+2].[Cu+2].[Cu+2].[Cu+2].[Cu+2].[Cu+2].[Cu+2].[Cu+2].[Cu+2].[Cu+2].[Cu+2].[Cu+2].[Cu+2].[Cu+2].[Cu+2].[Cu+2].[Cu+2].[Cu+2].[Cu+2].[Cu+2].[Cu+2].[O-2].[O-2].[O-2].[O-2].[O-2].[O-2].[O-2].[O-2].[O-2]. The third-order valence-corrected chi connectivity index (χ3v) is 0. The average Bonchev–Trinajstić information content (AvgIpc) is 0. The Morgan fingerprint density at radius 2 is 0.0392 bits per heavy atom. The molecule has 0 aliphatic carbocycles. The van der Waals surface area contributed by atoms with E-state index in [9.17, 15) is 0 Å². The van der Waals surface area contributed by atoms with Crippen LogP contribution in [0.15, 0.2) is 0 Å². The molecule has 0 heterocycles. The van der Waals surface area contributed by atoms with Gasteiger partial charge in [-0.15, -0.1) is 0 Å². The molecule has 51 heavy (non-hydrogen) atoms. The van der Waals surface area contributed by atoms with Gasteiger partial charge in [0.2, 0.25) is 0 Å². The molecule has 450 valence electrons. The quantitative estimate of drug-likeness (QED) is 0.260. The summed E-state index contributed by atoms with van der Waals surface area (Å²) in [6.07, 6.45) is 0. The van der Waals surface area contributed by atoms with E-state index in [-0.39, 0.29) is 766 Å². The van der Waals surface area contributed by atoms with E-state index in [0.717, 1.165) is 0 Å². The molecule has 42 radical (unpaired) electrons. The van der Waals surface area contributed by atoms with E-state index in [1.54, 1.807) is 0 Å². The number of rotatable bonds is 0. The Hall–Kier alpha value is 21.5. The normalized spacial score (nSPS) is 0. The van der Waals surface area contributed by atoms with E-state index < -0.39 is 0 Å². The van der Waals surface area contributed by atoms with Gasteiger partial charge in [-0.2, -0.15) is 0 Å². The summed E-state index contributed by atoms with van der Waals surface area (Å²) in [6.45, 7) is 0. The van der Waals surface area contributed by atoms with E-state index in [0.29, 0.717) is 0 Å². The summed E-state index contributed by atoms with van der Waals surface area (Å²) in [6, 6.07) is 0. The van der Waals surface area contributed by atoms with Crippen molar-refractivity contribution in [3.63, 3.8) is 0 Å². The minimum atomic E-state index is 0. The fourth-order valence-corrected chi connectivity index (χ4v) is 0. The molecule has 0 fully saturated rings. The molecule has 0 aliphatic heterocycles. The summed E-state index contributed by atoms with van der Waals surface area (Å²) >= 11 is 0. The Balaban J connectivity index is 0. The van der Waals surface area contributed by atoms with E-state index in [2.05, 4.69) is 0 Å². The summed E-state index contributed by atoms with van der Waals surface area (Å²) in [5.41, 5.74) is 0. The van der Waals surface area contributed by atoms with Crippen molar-refractivity contribution < 1.29 is 766 Å². The smallest absolute Gasteiger partial charge is 2.00 e. The first-order valence-corrected chi connectivity index (χ1v) is 0. The van der Waals surface area contributed by atoms with Gasteiger partial charge in [-0.05, 0) is 0 Å². The van der Waals surface area contributed by atoms with Crippen molar-refractivity contribution in [3.8, 4) is 0 Å². The summed E-state index contributed by atoms with van der Waals surface area (Å²) in [5, 5.41) is 0. The maximum absolute atomic E-state index is 0. The predicted molar refractivity (Wildman–Crippen MR) is 6.18 cm³/mol. The molecular weight excluding hydrogens is 2810 g/mol. The van der Waals surface area contributed by atoms with Crippen LogP contribution in [0.4, 0.5) is 0 Å². The fourth-order valence-electron chi connectivity index (χ4n) is 0. The van der Waals surface area contributed by atoms with Crippen LogP contribution in [0.25, 0.3) is 0 Å². The molecule has 0 saturated carbocycles. The Labute approximate surface area is 748 Å². The Morgan fingerprint density at radius 1 is 0.0392 bits per heavy atom. The molecule has 0 saturated heterocycles. The van der Waals surface area contributed by atoms with Crippen molar-refractivity contribution in [2.45, 2.75) is 0 Å². The molecule has 0 aliphatic rings. The van der Waals surface area contributed by atoms with Crippen LogP contribution >= 0.6 is 0 Å². The molecule has 0 amide bonds. The van der Waals surface area contributed by atoms with Gasteiger partial charge in [-0.1, -0.05) is 0 Å². The second-order valence-corrected chi connectivity index (χ2v) is 0. The molecule has 9 nitrogen and oxygen atoms in total. The molecule has 0 N–H and O–H groups in total. The third-order valence-electron chi connectivity index (χ3n) is 0. The third kappa shape index (κ3) is 749. The van der Waals surface area contributed by atoms with Crippen molar-refractivity contribution in [1.82, 2.24) is 0 Å². The summed E-state index contributed by atoms with van der Waals surface area (Å²) in [7, 11) is 0. The first-order valence-electron chi connectivity index (χ1n) is 0. The Kier molecular flexibility index (Phi) is 12100. The van der Waals surface area contributed by atoms with E-state index in [1.165, 1.54) is 0 Å². The maximum Gasteiger partial charge on any atom is 2.00 e. The molecule has 0 rings (SSSR count). The topological polar surface area (TPSA) is 256 Å². The van der Waals surface area contributed by atoms with Gasteiger partial charge in [0.1, 0.15) is 0 Å². The minimum absolute atomic E-state index is 0. The molecule has 0 aromatic heterocycles. The molecule has 0 atom stereocenters. The van der Waals surface area contributed by atoms with Gasteiger partial charge in [0.05, 0.1) is 0 Å². The van der Waals surface area contributed by atoms with Crippen molar-refractivity contribution in [2.24, 2.45) is 0 Å². The summed E-state index contributed by atoms with van der Waals surface area (Å²) in [4.78, 5) is 0. The molecule has 51 heteroatoms. The predicted octanol–water partition coefficient (Wildman–Crippen LogP) is -1.17. The molecule has 0 unspecified atom stereocenters. The second-order valence-electron chi connectivity index (χ2n) is 0. The Morgan fingerprint density at radius 3 is 0.0392 bits per heavy atom. The van der Waals surface area contributed by atoms with E-state index in [4.69, 9.17) is 0 Å². The second kappa shape index (κ2) is 770. The van der Waals surface area contributed by atoms with Crippen LogP contribution in [0.1, 0.15) is 0 Å². The summed E-state index contributed by atoms with van der Waals surface area (Å²) < 4.78 is 0. The van der Waals surface area contributed by atoms with Gasteiger partial charge in [0, 0.05) is 0 Å². The Bertz CT molecular complexity index is 34.3. The monoisotopic (exact) mass is 2790 g/mol. The van der Waals surface area contributed by atoms with Crippen LogP contribution in [-0.4, -0.2) is 0 Å². The van der Waals surface area contributed by atoms with Crippen molar-refractivity contribution in [2.75, 3.05) is 0 Å². The van der Waals surface area contributed by atoms with Crippen molar-refractivity contribution >= 4 is 0 Å². The first-order chi connectivity index (χ1) is 0. The minimum Gasteiger partial charge on any atom is -2.00 e. The van der Waals surface area contributed by atoms with Crippen LogP contribution in [0, 0.1) is 0 Å². The van der Waals surface area contributed by atoms with Gasteiger partial charge in [0.15, 0.2) is 0 Å². The van der Waals surface area contributed by atoms with Crippen LogP contribution < -0.4 is 0 Å². The molecule has 0 aromatic rings. The van der Waals surface area contributed by atoms with Crippen molar-refractivity contribution in [1.29, 1.82) is 0 Å². The fraction of sp³-hybridized carbons (Fsp3) is 0. The van der Waals surface area contributed by atoms with E-state index in [1.807, 2.05) is 0 Å². The molecule has 0 aromatic carbocycles. The van der Waals surface area contributed by atoms with Crippen LogP contribution in [-0.2, 0) is 766 Å². The average molecular weight is 2810 g/mol. The van der Waals surface area contributed by atoms with Gasteiger partial charge in [0.25, 0.3) is 0 Å². The van der Waals surface area contributed by atoms with Gasteiger partial charge >= 0.3 is 717 Å². The molecular formula is Cu42O9+66. The molecule has 0 spiro atoms. The molecule has 0 bridgehead atoms. The maximum atomic E-state index is 0. The zero-order chi connectivity index (χ0) is 0. The summed E-state index contributed by atoms with van der Waals surface area (Å²) in [5.74, 6) is 0. The zero-order valence-corrected chi connectivity index (χ0v) is 55.9. The van der Waals surface area contributed by atoms with Crippen LogP contribution in [0.5, 0.6) is 0 Å². The van der Waals surface area contributed by atoms with Crippen LogP contribution in [0.3, 0.4) is 0 Å². The van der Waals surface area contributed by atoms with Crippen LogP contribution in [0.2, 0.25) is 0 Å². The number of hydrogen-bond donors (Lipinski definition) is 0. The first kappa shape index (κ1) is 804. The largest absolute Gasteiger partial charge is 2.00 e. The van der Waals surface area contributed by atoms with Gasteiger partial charge < -0.3 is 49.3 Å². The van der Waals surface area contributed by atoms with E-state index >= 15 is 0 Å². The van der Waals surface area contributed by atoms with Gasteiger partial charge in [-0.3, -0.25) is 0 Å². The van der Waals surface area contributed by atoms with Gasteiger partial charge in [-0.25, -0.2) is 0 Å². The van der Waals surface area contributed by atoms with Crippen molar-refractivity contribution in [3.05, 3.63) is 0 Å².